The summed E-state index contributed by atoms with van der Waals surface area (Å²) in [4.78, 5) is 12.5. The predicted octanol–water partition coefficient (Wildman–Crippen LogP) is 3.88. The Labute approximate surface area is 163 Å². The van der Waals surface area contributed by atoms with Crippen LogP contribution in [0.3, 0.4) is 0 Å². The minimum atomic E-state index is -3.39. The molecule has 0 heterocycles. The van der Waals surface area contributed by atoms with Crippen LogP contribution in [0.25, 0.3) is 0 Å². The molecule has 148 valence electrons. The normalized spacial score (nSPS) is 31.8. The molecular weight excluding hydrogens is 358 g/mol. The molecule has 4 fully saturated rings. The van der Waals surface area contributed by atoms with E-state index in [0.717, 1.165) is 29.7 Å². The first-order chi connectivity index (χ1) is 12.8. The highest BCUT2D eigenvalue weighted by Gasteiger charge is 2.50. The predicted molar refractivity (Wildman–Crippen MR) is 106 cm³/mol. The Hall–Kier alpha value is -1.36. The van der Waals surface area contributed by atoms with Crippen LogP contribution < -0.4 is 5.32 Å². The van der Waals surface area contributed by atoms with Crippen molar-refractivity contribution in [2.24, 2.45) is 23.2 Å². The van der Waals surface area contributed by atoms with Gasteiger partial charge in [0.15, 0.2) is 9.84 Å². The number of carbonyl (C=O) groups is 1. The molecule has 27 heavy (non-hydrogen) atoms. The summed E-state index contributed by atoms with van der Waals surface area (Å²) in [7, 11) is -3.39. The van der Waals surface area contributed by atoms with Crippen LogP contribution in [-0.4, -0.2) is 26.6 Å². The number of hydrogen-bond donors (Lipinski definition) is 1. The lowest BCUT2D eigenvalue weighted by molar-refractivity contribution is -0.121. The molecule has 0 unspecified atom stereocenters. The van der Waals surface area contributed by atoms with Crippen molar-refractivity contribution in [2.75, 3.05) is 12.3 Å². The Morgan fingerprint density at radius 2 is 1.59 bits per heavy atom. The van der Waals surface area contributed by atoms with E-state index in [4.69, 9.17) is 0 Å². The molecule has 5 rings (SSSR count). The molecule has 1 aromatic carbocycles. The van der Waals surface area contributed by atoms with Gasteiger partial charge in [-0.15, -0.1) is 0 Å². The number of sulfone groups is 1. The summed E-state index contributed by atoms with van der Waals surface area (Å²) in [5.41, 5.74) is 1.48. The lowest BCUT2D eigenvalue weighted by atomic mass is 9.49. The van der Waals surface area contributed by atoms with E-state index >= 15 is 0 Å². The van der Waals surface area contributed by atoms with E-state index in [1.165, 1.54) is 38.5 Å². The van der Waals surface area contributed by atoms with E-state index < -0.39 is 9.84 Å². The topological polar surface area (TPSA) is 63.2 Å². The third kappa shape index (κ3) is 4.23. The summed E-state index contributed by atoms with van der Waals surface area (Å²) >= 11 is 0. The average molecular weight is 390 g/mol. The van der Waals surface area contributed by atoms with Crippen molar-refractivity contribution in [2.45, 2.75) is 63.2 Å². The Bertz CT molecular complexity index is 762. The van der Waals surface area contributed by atoms with Crippen LogP contribution in [0.4, 0.5) is 0 Å². The van der Waals surface area contributed by atoms with Crippen molar-refractivity contribution < 1.29 is 13.2 Å². The quantitative estimate of drug-likeness (QED) is 0.770. The van der Waals surface area contributed by atoms with Gasteiger partial charge in [0.2, 0.25) is 5.91 Å². The molecule has 4 saturated carbocycles. The zero-order valence-electron chi connectivity index (χ0n) is 16.2. The first-order valence-corrected chi connectivity index (χ1v) is 12.0. The number of nitrogens with one attached hydrogen (secondary N) is 1. The number of hydrogen-bond acceptors (Lipinski definition) is 3. The Kier molecular flexibility index (Phi) is 5.08. The van der Waals surface area contributed by atoms with E-state index in [2.05, 4.69) is 5.32 Å². The van der Waals surface area contributed by atoms with Gasteiger partial charge in [0.1, 0.15) is 0 Å². The van der Waals surface area contributed by atoms with Crippen molar-refractivity contribution in [3.63, 3.8) is 0 Å². The zero-order valence-corrected chi connectivity index (χ0v) is 17.1. The van der Waals surface area contributed by atoms with E-state index in [0.29, 0.717) is 16.9 Å². The molecular formula is C22H31NO3S. The number of rotatable bonds is 7. The van der Waals surface area contributed by atoms with Gasteiger partial charge in [-0.05, 0) is 87.2 Å². The summed E-state index contributed by atoms with van der Waals surface area (Å²) in [6, 6.07) is 6.82. The summed E-state index contributed by atoms with van der Waals surface area (Å²) in [5, 5.41) is 2.99. The fourth-order valence-electron chi connectivity index (χ4n) is 6.24. The maximum Gasteiger partial charge on any atom is 0.221 e. The molecule has 0 spiro atoms. The SMILES string of the molecule is Cc1ccc(S(=O)(=O)CCC(=O)NCCC23CC4CC(CC(C4)C2)C3)cc1. The Morgan fingerprint density at radius 3 is 2.15 bits per heavy atom. The summed E-state index contributed by atoms with van der Waals surface area (Å²) < 4.78 is 24.7. The summed E-state index contributed by atoms with van der Waals surface area (Å²) in [5.74, 6) is 2.50. The largest absolute Gasteiger partial charge is 0.356 e. The molecule has 4 bridgehead atoms. The van der Waals surface area contributed by atoms with Crippen LogP contribution in [0.5, 0.6) is 0 Å². The molecule has 5 heteroatoms. The van der Waals surface area contributed by atoms with Crippen LogP contribution in [0, 0.1) is 30.1 Å². The molecule has 0 atom stereocenters. The summed E-state index contributed by atoms with van der Waals surface area (Å²) in [6.07, 6.45) is 9.43. The second-order valence-electron chi connectivity index (χ2n) is 9.40. The molecule has 0 saturated heterocycles. The molecule has 0 radical (unpaired) electrons. The molecule has 0 aliphatic heterocycles. The number of amides is 1. The smallest absolute Gasteiger partial charge is 0.221 e. The molecule has 1 amide bonds. The van der Waals surface area contributed by atoms with Gasteiger partial charge in [-0.3, -0.25) is 4.79 Å². The van der Waals surface area contributed by atoms with E-state index in [1.807, 2.05) is 6.92 Å². The van der Waals surface area contributed by atoms with Crippen molar-refractivity contribution in [3.05, 3.63) is 29.8 Å². The number of benzene rings is 1. The van der Waals surface area contributed by atoms with Crippen molar-refractivity contribution in [1.29, 1.82) is 0 Å². The van der Waals surface area contributed by atoms with E-state index in [-0.39, 0.29) is 18.1 Å². The molecule has 4 aliphatic rings. The van der Waals surface area contributed by atoms with Gasteiger partial charge < -0.3 is 5.32 Å². The maximum absolute atomic E-state index is 12.4. The first-order valence-electron chi connectivity index (χ1n) is 10.4. The molecule has 4 aliphatic carbocycles. The third-order valence-electron chi connectivity index (χ3n) is 7.12. The van der Waals surface area contributed by atoms with Gasteiger partial charge in [0.05, 0.1) is 10.6 Å². The monoisotopic (exact) mass is 389 g/mol. The molecule has 1 N–H and O–H groups in total. The van der Waals surface area contributed by atoms with Crippen LogP contribution >= 0.6 is 0 Å². The van der Waals surface area contributed by atoms with Gasteiger partial charge in [-0.1, -0.05) is 17.7 Å². The lowest BCUT2D eigenvalue weighted by Gasteiger charge is -2.57. The maximum atomic E-state index is 12.4. The molecule has 1 aromatic rings. The fourth-order valence-corrected chi connectivity index (χ4v) is 7.48. The van der Waals surface area contributed by atoms with Gasteiger partial charge in [-0.2, -0.15) is 0 Å². The number of carbonyl (C=O) groups excluding carboxylic acids is 1. The van der Waals surface area contributed by atoms with Crippen molar-refractivity contribution in [3.8, 4) is 0 Å². The first kappa shape index (κ1) is 19.0. The second-order valence-corrected chi connectivity index (χ2v) is 11.5. The second kappa shape index (κ2) is 7.23. The minimum Gasteiger partial charge on any atom is -0.356 e. The minimum absolute atomic E-state index is 0.0388. The van der Waals surface area contributed by atoms with Gasteiger partial charge in [-0.25, -0.2) is 8.42 Å². The van der Waals surface area contributed by atoms with E-state index in [9.17, 15) is 13.2 Å². The highest BCUT2D eigenvalue weighted by Crippen LogP contribution is 2.61. The van der Waals surface area contributed by atoms with Gasteiger partial charge in [0.25, 0.3) is 0 Å². The van der Waals surface area contributed by atoms with Crippen LogP contribution in [-0.2, 0) is 14.6 Å². The Morgan fingerprint density at radius 1 is 1.04 bits per heavy atom. The average Bonchev–Trinajstić information content (AvgIpc) is 2.59. The molecule has 4 nitrogen and oxygen atoms in total. The zero-order chi connectivity index (χ0) is 19.1. The van der Waals surface area contributed by atoms with Crippen LogP contribution in [0.2, 0.25) is 0 Å². The number of aryl methyl sites for hydroxylation is 1. The van der Waals surface area contributed by atoms with Crippen molar-refractivity contribution >= 4 is 15.7 Å². The molecule has 0 aromatic heterocycles. The third-order valence-corrected chi connectivity index (χ3v) is 8.85. The van der Waals surface area contributed by atoms with Crippen LogP contribution in [0.15, 0.2) is 29.2 Å². The standard InChI is InChI=1S/C22H31NO3S/c1-16-2-4-20(5-3-16)27(25,26)9-6-21(24)23-8-7-22-13-17-10-18(14-22)12-19(11-17)15-22/h2-5,17-19H,6-15H2,1H3,(H,23,24). The van der Waals surface area contributed by atoms with E-state index in [1.54, 1.807) is 24.3 Å². The summed E-state index contributed by atoms with van der Waals surface area (Å²) in [6.45, 7) is 2.61. The van der Waals surface area contributed by atoms with Crippen LogP contribution in [0.1, 0.15) is 56.9 Å². The van der Waals surface area contributed by atoms with Gasteiger partial charge in [0, 0.05) is 13.0 Å². The fraction of sp³-hybridized carbons (Fsp3) is 0.682. The van der Waals surface area contributed by atoms with Crippen molar-refractivity contribution in [1.82, 2.24) is 5.32 Å². The lowest BCUT2D eigenvalue weighted by Crippen LogP contribution is -2.47. The Balaban J connectivity index is 1.24. The van der Waals surface area contributed by atoms with Gasteiger partial charge >= 0.3 is 0 Å². The highest BCUT2D eigenvalue weighted by molar-refractivity contribution is 7.91. The highest BCUT2D eigenvalue weighted by atomic mass is 32.2.